The molecule has 0 radical (unpaired) electrons. The van der Waals surface area contributed by atoms with Crippen LogP contribution in [0.2, 0.25) is 0 Å². The number of amides is 1. The number of esters is 1. The monoisotopic (exact) mass is 293 g/mol. The lowest BCUT2D eigenvalue weighted by Gasteiger charge is -2.31. The lowest BCUT2D eigenvalue weighted by molar-refractivity contribution is -0.142. The van der Waals surface area contributed by atoms with Crippen LogP contribution >= 0.6 is 0 Å². The van der Waals surface area contributed by atoms with Gasteiger partial charge < -0.3 is 9.47 Å². The Kier molecular flexibility index (Phi) is 5.76. The summed E-state index contributed by atoms with van der Waals surface area (Å²) in [5, 5.41) is 0. The van der Waals surface area contributed by atoms with Crippen LogP contribution in [0.1, 0.15) is 39.3 Å². The fraction of sp³-hybridized carbons (Fsp3) is 0.500. The number of carbonyl (C=O) groups is 2. The molecule has 1 amide bonds. The van der Waals surface area contributed by atoms with Crippen molar-refractivity contribution >= 4 is 12.1 Å². The van der Waals surface area contributed by atoms with Crippen molar-refractivity contribution < 1.29 is 19.1 Å². The molecule has 0 fully saturated rings. The molecule has 1 rings (SSSR count). The molecule has 0 saturated heterocycles. The first-order valence-electron chi connectivity index (χ1n) is 6.86. The van der Waals surface area contributed by atoms with Gasteiger partial charge in [-0.1, -0.05) is 30.3 Å². The van der Waals surface area contributed by atoms with Crippen molar-refractivity contribution in [3.05, 3.63) is 35.9 Å². The van der Waals surface area contributed by atoms with Gasteiger partial charge in [-0.3, -0.25) is 9.69 Å². The average Bonchev–Trinajstić information content (AvgIpc) is 2.42. The number of rotatable bonds is 4. The lowest BCUT2D eigenvalue weighted by Crippen LogP contribution is -2.41. The number of nitrogens with zero attached hydrogens (tertiary/aromatic N) is 1. The SMILES string of the molecule is COC(=O)CN(C(=O)OC(C)(C)C)C(C)c1ccccc1. The van der Waals surface area contributed by atoms with Gasteiger partial charge in [0.05, 0.1) is 13.2 Å². The van der Waals surface area contributed by atoms with E-state index >= 15 is 0 Å². The molecule has 1 unspecified atom stereocenters. The van der Waals surface area contributed by atoms with Crippen LogP contribution in [-0.2, 0) is 14.3 Å². The highest BCUT2D eigenvalue weighted by Crippen LogP contribution is 2.22. The predicted molar refractivity (Wildman–Crippen MR) is 79.8 cm³/mol. The highest BCUT2D eigenvalue weighted by atomic mass is 16.6. The van der Waals surface area contributed by atoms with Crippen LogP contribution < -0.4 is 0 Å². The van der Waals surface area contributed by atoms with Crippen molar-refractivity contribution in [2.45, 2.75) is 39.3 Å². The van der Waals surface area contributed by atoms with E-state index in [-0.39, 0.29) is 12.6 Å². The normalized spacial score (nSPS) is 12.4. The second-order valence-corrected chi connectivity index (χ2v) is 5.77. The van der Waals surface area contributed by atoms with Gasteiger partial charge in [0.1, 0.15) is 12.1 Å². The van der Waals surface area contributed by atoms with Crippen LogP contribution in [-0.4, -0.2) is 36.2 Å². The number of methoxy groups -OCH3 is 1. The van der Waals surface area contributed by atoms with Crippen LogP contribution in [0.3, 0.4) is 0 Å². The summed E-state index contributed by atoms with van der Waals surface area (Å²) >= 11 is 0. The summed E-state index contributed by atoms with van der Waals surface area (Å²) in [5.41, 5.74) is 0.300. The Balaban J connectivity index is 2.96. The van der Waals surface area contributed by atoms with Gasteiger partial charge in [-0.2, -0.15) is 0 Å². The Hall–Kier alpha value is -2.04. The van der Waals surface area contributed by atoms with E-state index in [1.54, 1.807) is 20.8 Å². The Bertz CT molecular complexity index is 479. The molecule has 0 N–H and O–H groups in total. The Morgan fingerprint density at radius 3 is 2.24 bits per heavy atom. The molecule has 0 aliphatic heterocycles. The maximum Gasteiger partial charge on any atom is 0.411 e. The molecule has 0 aliphatic carbocycles. The average molecular weight is 293 g/mol. The second-order valence-electron chi connectivity index (χ2n) is 5.77. The molecule has 0 aromatic heterocycles. The Labute approximate surface area is 125 Å². The van der Waals surface area contributed by atoms with Crippen molar-refractivity contribution in [3.8, 4) is 0 Å². The maximum atomic E-state index is 12.3. The van der Waals surface area contributed by atoms with Crippen LogP contribution in [0.4, 0.5) is 4.79 Å². The summed E-state index contributed by atoms with van der Waals surface area (Å²) in [7, 11) is 1.29. The van der Waals surface area contributed by atoms with Crippen LogP contribution in [0, 0.1) is 0 Å². The van der Waals surface area contributed by atoms with Gasteiger partial charge >= 0.3 is 12.1 Å². The number of ether oxygens (including phenoxy) is 2. The van der Waals surface area contributed by atoms with Gasteiger partial charge in [0, 0.05) is 0 Å². The van der Waals surface area contributed by atoms with Crippen LogP contribution in [0.5, 0.6) is 0 Å². The zero-order valence-electron chi connectivity index (χ0n) is 13.3. The Morgan fingerprint density at radius 2 is 1.76 bits per heavy atom. The van der Waals surface area contributed by atoms with Crippen molar-refractivity contribution in [2.24, 2.45) is 0 Å². The molecular formula is C16H23NO4. The molecule has 1 aromatic rings. The summed E-state index contributed by atoms with van der Waals surface area (Å²) in [6.07, 6.45) is -0.538. The molecule has 21 heavy (non-hydrogen) atoms. The summed E-state index contributed by atoms with van der Waals surface area (Å²) in [6, 6.07) is 9.18. The quantitative estimate of drug-likeness (QED) is 0.800. The molecule has 0 bridgehead atoms. The molecule has 116 valence electrons. The fourth-order valence-electron chi connectivity index (χ4n) is 1.80. The summed E-state index contributed by atoms with van der Waals surface area (Å²) in [5.74, 6) is -0.483. The van der Waals surface area contributed by atoms with Crippen molar-refractivity contribution in [2.75, 3.05) is 13.7 Å². The number of benzene rings is 1. The first-order valence-corrected chi connectivity index (χ1v) is 6.86. The third kappa shape index (κ3) is 5.45. The largest absolute Gasteiger partial charge is 0.468 e. The minimum atomic E-state index is -0.623. The molecule has 0 heterocycles. The summed E-state index contributed by atoms with van der Waals surface area (Å²) in [4.78, 5) is 25.2. The molecule has 0 saturated carbocycles. The van der Waals surface area contributed by atoms with Crippen molar-refractivity contribution in [1.29, 1.82) is 0 Å². The third-order valence-corrected chi connectivity index (χ3v) is 2.90. The van der Waals surface area contributed by atoms with Gasteiger partial charge in [-0.25, -0.2) is 4.79 Å². The van der Waals surface area contributed by atoms with E-state index in [0.29, 0.717) is 0 Å². The molecule has 0 spiro atoms. The van der Waals surface area contributed by atoms with Crippen molar-refractivity contribution in [3.63, 3.8) is 0 Å². The van der Waals surface area contributed by atoms with Gasteiger partial charge in [0.15, 0.2) is 0 Å². The first-order chi connectivity index (χ1) is 9.74. The predicted octanol–water partition coefficient (Wildman–Crippen LogP) is 3.16. The van der Waals surface area contributed by atoms with Gasteiger partial charge in [-0.15, -0.1) is 0 Å². The Morgan fingerprint density at radius 1 is 1.19 bits per heavy atom. The van der Waals surface area contributed by atoms with E-state index in [1.807, 2.05) is 37.3 Å². The molecule has 5 heteroatoms. The fourth-order valence-corrected chi connectivity index (χ4v) is 1.80. The van der Waals surface area contributed by atoms with Crippen molar-refractivity contribution in [1.82, 2.24) is 4.90 Å². The van der Waals surface area contributed by atoms with E-state index in [4.69, 9.17) is 4.74 Å². The van der Waals surface area contributed by atoms with E-state index < -0.39 is 17.7 Å². The first kappa shape index (κ1) is 17.0. The zero-order valence-corrected chi connectivity index (χ0v) is 13.3. The van der Waals surface area contributed by atoms with Gasteiger partial charge in [-0.05, 0) is 33.3 Å². The molecule has 0 aliphatic rings. The van der Waals surface area contributed by atoms with Crippen LogP contribution in [0.25, 0.3) is 0 Å². The van der Waals surface area contributed by atoms with E-state index in [0.717, 1.165) is 5.56 Å². The van der Waals surface area contributed by atoms with Gasteiger partial charge in [0.25, 0.3) is 0 Å². The third-order valence-electron chi connectivity index (χ3n) is 2.90. The van der Waals surface area contributed by atoms with E-state index in [1.165, 1.54) is 12.0 Å². The standard InChI is InChI=1S/C16H23NO4/c1-12(13-9-7-6-8-10-13)17(11-14(18)20-5)15(19)21-16(2,3)4/h6-10,12H,11H2,1-5H3. The molecule has 5 nitrogen and oxygen atoms in total. The summed E-state index contributed by atoms with van der Waals surface area (Å²) < 4.78 is 10.0. The number of carbonyl (C=O) groups excluding carboxylic acids is 2. The van der Waals surface area contributed by atoms with Crippen LogP contribution in [0.15, 0.2) is 30.3 Å². The number of hydrogen-bond donors (Lipinski definition) is 0. The summed E-state index contributed by atoms with van der Waals surface area (Å²) in [6.45, 7) is 7.06. The second kappa shape index (κ2) is 7.11. The minimum absolute atomic E-state index is 0.151. The van der Waals surface area contributed by atoms with E-state index in [2.05, 4.69) is 4.74 Å². The van der Waals surface area contributed by atoms with Gasteiger partial charge in [0.2, 0.25) is 0 Å². The topological polar surface area (TPSA) is 55.8 Å². The minimum Gasteiger partial charge on any atom is -0.468 e. The lowest BCUT2D eigenvalue weighted by atomic mass is 10.1. The van der Waals surface area contributed by atoms with E-state index in [9.17, 15) is 9.59 Å². The molecule has 1 atom stereocenters. The zero-order chi connectivity index (χ0) is 16.0. The molecule has 1 aromatic carbocycles. The number of hydrogen-bond acceptors (Lipinski definition) is 4. The highest BCUT2D eigenvalue weighted by molar-refractivity contribution is 5.78. The highest BCUT2D eigenvalue weighted by Gasteiger charge is 2.28. The maximum absolute atomic E-state index is 12.3. The smallest absolute Gasteiger partial charge is 0.411 e. The molecular weight excluding hydrogens is 270 g/mol.